The van der Waals surface area contributed by atoms with E-state index >= 15 is 0 Å². The molecule has 3 rings (SSSR count). The van der Waals surface area contributed by atoms with Gasteiger partial charge in [0, 0.05) is 36.5 Å². The number of rotatable bonds is 5. The second kappa shape index (κ2) is 6.83. The third-order valence-electron chi connectivity index (χ3n) is 3.31. The lowest BCUT2D eigenvalue weighted by atomic mass is 10.1. The minimum absolute atomic E-state index is 0.147. The van der Waals surface area contributed by atoms with E-state index in [0.29, 0.717) is 30.2 Å². The van der Waals surface area contributed by atoms with Crippen LogP contribution in [0.1, 0.15) is 21.8 Å². The van der Waals surface area contributed by atoms with Crippen molar-refractivity contribution in [3.8, 4) is 11.4 Å². The van der Waals surface area contributed by atoms with Gasteiger partial charge in [0.1, 0.15) is 0 Å². The second-order valence-electron chi connectivity index (χ2n) is 5.12. The minimum atomic E-state index is -0.147. The molecule has 0 radical (unpaired) electrons. The molecule has 0 fully saturated rings. The Balaban J connectivity index is 1.57. The molecule has 1 aromatic carbocycles. The molecule has 1 N–H and O–H groups in total. The van der Waals surface area contributed by atoms with Gasteiger partial charge in [0.05, 0.1) is 0 Å². The Morgan fingerprint density at radius 3 is 2.83 bits per heavy atom. The van der Waals surface area contributed by atoms with Gasteiger partial charge in [-0.1, -0.05) is 28.9 Å². The highest BCUT2D eigenvalue weighted by Gasteiger charge is 2.09. The molecule has 2 heterocycles. The van der Waals surface area contributed by atoms with Crippen molar-refractivity contribution in [3.05, 3.63) is 65.8 Å². The average molecular weight is 308 g/mol. The second-order valence-corrected chi connectivity index (χ2v) is 5.12. The van der Waals surface area contributed by atoms with Gasteiger partial charge in [-0.15, -0.1) is 0 Å². The van der Waals surface area contributed by atoms with Gasteiger partial charge in [-0.3, -0.25) is 9.78 Å². The molecule has 0 bridgehead atoms. The number of pyridine rings is 1. The van der Waals surface area contributed by atoms with Crippen molar-refractivity contribution in [1.82, 2.24) is 20.4 Å². The van der Waals surface area contributed by atoms with Gasteiger partial charge in [-0.05, 0) is 25.1 Å². The summed E-state index contributed by atoms with van der Waals surface area (Å²) in [7, 11) is 0. The lowest BCUT2D eigenvalue weighted by molar-refractivity contribution is 0.0953. The SMILES string of the molecule is Cc1cccc(-c2noc(CCNC(=O)c3ccncc3)n2)c1. The molecule has 6 nitrogen and oxygen atoms in total. The minimum Gasteiger partial charge on any atom is -0.352 e. The number of hydrogen-bond donors (Lipinski definition) is 1. The van der Waals surface area contributed by atoms with Crippen LogP contribution in [0.2, 0.25) is 0 Å². The van der Waals surface area contributed by atoms with Crippen LogP contribution in [0, 0.1) is 6.92 Å². The van der Waals surface area contributed by atoms with Crippen LogP contribution in [0.4, 0.5) is 0 Å². The van der Waals surface area contributed by atoms with Crippen molar-refractivity contribution < 1.29 is 9.32 Å². The molecule has 0 aliphatic heterocycles. The molecule has 0 unspecified atom stereocenters. The molecule has 0 saturated heterocycles. The van der Waals surface area contributed by atoms with Crippen molar-refractivity contribution >= 4 is 5.91 Å². The number of aryl methyl sites for hydroxylation is 1. The van der Waals surface area contributed by atoms with Gasteiger partial charge in [-0.2, -0.15) is 4.98 Å². The molecule has 0 atom stereocenters. The van der Waals surface area contributed by atoms with Crippen LogP contribution < -0.4 is 5.32 Å². The molecule has 0 saturated carbocycles. The van der Waals surface area contributed by atoms with Gasteiger partial charge in [0.25, 0.3) is 5.91 Å². The van der Waals surface area contributed by atoms with E-state index < -0.39 is 0 Å². The first-order chi connectivity index (χ1) is 11.2. The zero-order valence-corrected chi connectivity index (χ0v) is 12.7. The number of benzene rings is 1. The fraction of sp³-hybridized carbons (Fsp3) is 0.176. The summed E-state index contributed by atoms with van der Waals surface area (Å²) in [6.07, 6.45) is 3.65. The van der Waals surface area contributed by atoms with Crippen molar-refractivity contribution in [2.45, 2.75) is 13.3 Å². The number of amides is 1. The Morgan fingerprint density at radius 2 is 2.04 bits per heavy atom. The summed E-state index contributed by atoms with van der Waals surface area (Å²) in [6, 6.07) is 11.2. The highest BCUT2D eigenvalue weighted by Crippen LogP contribution is 2.16. The van der Waals surface area contributed by atoms with E-state index in [1.165, 1.54) is 0 Å². The van der Waals surface area contributed by atoms with Crippen molar-refractivity contribution in [2.75, 3.05) is 6.54 Å². The molecule has 3 aromatic rings. The first-order valence-electron chi connectivity index (χ1n) is 7.30. The summed E-state index contributed by atoms with van der Waals surface area (Å²) in [5.41, 5.74) is 2.63. The molecular weight excluding hydrogens is 292 g/mol. The summed E-state index contributed by atoms with van der Waals surface area (Å²) in [5, 5.41) is 6.79. The van der Waals surface area contributed by atoms with Crippen LogP contribution in [0.3, 0.4) is 0 Å². The van der Waals surface area contributed by atoms with Crippen LogP contribution in [0.5, 0.6) is 0 Å². The highest BCUT2D eigenvalue weighted by atomic mass is 16.5. The molecule has 2 aromatic heterocycles. The topological polar surface area (TPSA) is 80.9 Å². The third-order valence-corrected chi connectivity index (χ3v) is 3.31. The summed E-state index contributed by atoms with van der Waals surface area (Å²) >= 11 is 0. The number of nitrogens with one attached hydrogen (secondary N) is 1. The maximum absolute atomic E-state index is 11.9. The van der Waals surface area contributed by atoms with Gasteiger partial charge in [0.15, 0.2) is 0 Å². The standard InChI is InChI=1S/C17H16N4O2/c1-12-3-2-4-14(11-12)16-20-15(23-21-16)7-10-19-17(22)13-5-8-18-9-6-13/h2-6,8-9,11H,7,10H2,1H3,(H,19,22). The molecule has 0 aliphatic carbocycles. The average Bonchev–Trinajstić information content (AvgIpc) is 3.04. The Bertz CT molecular complexity index is 799. The summed E-state index contributed by atoms with van der Waals surface area (Å²) in [5.74, 6) is 0.909. The maximum atomic E-state index is 11.9. The lowest BCUT2D eigenvalue weighted by Gasteiger charge is -2.02. The van der Waals surface area contributed by atoms with Crippen molar-refractivity contribution in [2.24, 2.45) is 0 Å². The van der Waals surface area contributed by atoms with Gasteiger partial charge >= 0.3 is 0 Å². The molecule has 116 valence electrons. The predicted molar refractivity (Wildman–Crippen MR) is 84.7 cm³/mol. The van der Waals surface area contributed by atoms with E-state index in [1.807, 2.05) is 31.2 Å². The van der Waals surface area contributed by atoms with Gasteiger partial charge < -0.3 is 9.84 Å². The Labute approximate surface area is 133 Å². The first kappa shape index (κ1) is 14.9. The zero-order chi connectivity index (χ0) is 16.1. The fourth-order valence-corrected chi connectivity index (χ4v) is 2.15. The monoisotopic (exact) mass is 308 g/mol. The van der Waals surface area contributed by atoms with E-state index in [9.17, 15) is 4.79 Å². The van der Waals surface area contributed by atoms with E-state index in [4.69, 9.17) is 4.52 Å². The number of carbonyl (C=O) groups is 1. The normalized spacial score (nSPS) is 10.5. The molecule has 6 heteroatoms. The molecular formula is C17H16N4O2. The fourth-order valence-electron chi connectivity index (χ4n) is 2.15. The predicted octanol–water partition coefficient (Wildman–Crippen LogP) is 2.41. The van der Waals surface area contributed by atoms with Crippen LogP contribution in [0.25, 0.3) is 11.4 Å². The Kier molecular flexibility index (Phi) is 4.42. The Hall–Kier alpha value is -3.02. The molecule has 23 heavy (non-hydrogen) atoms. The molecule has 1 amide bonds. The number of nitrogens with zero attached hydrogens (tertiary/aromatic N) is 3. The van der Waals surface area contributed by atoms with Crippen LogP contribution in [0.15, 0.2) is 53.3 Å². The summed E-state index contributed by atoms with van der Waals surface area (Å²) < 4.78 is 5.22. The largest absolute Gasteiger partial charge is 0.352 e. The lowest BCUT2D eigenvalue weighted by Crippen LogP contribution is -2.25. The van der Waals surface area contributed by atoms with Gasteiger partial charge in [-0.25, -0.2) is 0 Å². The third kappa shape index (κ3) is 3.79. The quantitative estimate of drug-likeness (QED) is 0.783. The van der Waals surface area contributed by atoms with E-state index in [2.05, 4.69) is 20.4 Å². The van der Waals surface area contributed by atoms with E-state index in [1.54, 1.807) is 24.5 Å². The smallest absolute Gasteiger partial charge is 0.251 e. The Morgan fingerprint density at radius 1 is 1.22 bits per heavy atom. The number of aromatic nitrogens is 3. The van der Waals surface area contributed by atoms with Crippen LogP contribution in [-0.2, 0) is 6.42 Å². The van der Waals surface area contributed by atoms with E-state index in [0.717, 1.165) is 11.1 Å². The van der Waals surface area contributed by atoms with Crippen LogP contribution in [-0.4, -0.2) is 27.6 Å². The first-order valence-corrected chi connectivity index (χ1v) is 7.30. The number of hydrogen-bond acceptors (Lipinski definition) is 5. The summed E-state index contributed by atoms with van der Waals surface area (Å²) in [4.78, 5) is 20.1. The van der Waals surface area contributed by atoms with Crippen LogP contribution >= 0.6 is 0 Å². The highest BCUT2D eigenvalue weighted by molar-refractivity contribution is 5.93. The zero-order valence-electron chi connectivity index (χ0n) is 12.7. The van der Waals surface area contributed by atoms with E-state index in [-0.39, 0.29) is 5.91 Å². The summed E-state index contributed by atoms with van der Waals surface area (Å²) in [6.45, 7) is 2.44. The maximum Gasteiger partial charge on any atom is 0.251 e. The molecule has 0 spiro atoms. The number of carbonyl (C=O) groups excluding carboxylic acids is 1. The molecule has 0 aliphatic rings. The van der Waals surface area contributed by atoms with Crippen molar-refractivity contribution in [3.63, 3.8) is 0 Å². The van der Waals surface area contributed by atoms with Gasteiger partial charge in [0.2, 0.25) is 11.7 Å². The van der Waals surface area contributed by atoms with Crippen molar-refractivity contribution in [1.29, 1.82) is 0 Å².